The topological polar surface area (TPSA) is 34.0 Å². The van der Waals surface area contributed by atoms with Crippen molar-refractivity contribution < 1.29 is 9.18 Å². The smallest absolute Gasteiger partial charge is 0.221 e. The summed E-state index contributed by atoms with van der Waals surface area (Å²) < 4.78 is 16.1. The molecule has 1 N–H and O–H groups in total. The Morgan fingerprint density at radius 1 is 0.967 bits per heavy atom. The predicted octanol–water partition coefficient (Wildman–Crippen LogP) is 5.72. The van der Waals surface area contributed by atoms with E-state index in [0.717, 1.165) is 27.6 Å². The molecule has 0 aliphatic rings. The zero-order chi connectivity index (χ0) is 21.1. The van der Waals surface area contributed by atoms with Gasteiger partial charge in [0.2, 0.25) is 5.91 Å². The molecule has 3 nitrogen and oxygen atoms in total. The number of rotatable bonds is 6. The summed E-state index contributed by atoms with van der Waals surface area (Å²) in [6, 6.07) is 24.4. The lowest BCUT2D eigenvalue weighted by molar-refractivity contribution is -0.121. The van der Waals surface area contributed by atoms with Crippen LogP contribution in [0.15, 0.2) is 85.1 Å². The third kappa shape index (κ3) is 4.13. The fraction of sp³-hybridized carbons (Fsp3) is 0.192. The fourth-order valence-electron chi connectivity index (χ4n) is 4.09. The summed E-state index contributed by atoms with van der Waals surface area (Å²) in [4.78, 5) is 13.0. The molecule has 4 rings (SSSR count). The molecule has 30 heavy (non-hydrogen) atoms. The average Bonchev–Trinajstić information content (AvgIpc) is 3.09. The summed E-state index contributed by atoms with van der Waals surface area (Å²) in [5, 5.41) is 4.18. The molecule has 0 aliphatic heterocycles. The van der Waals surface area contributed by atoms with Gasteiger partial charge in [0.25, 0.3) is 0 Å². The first-order chi connectivity index (χ1) is 14.5. The van der Waals surface area contributed by atoms with Crippen molar-refractivity contribution in [3.8, 4) is 0 Å². The number of halogens is 1. The molecular weight excluding hydrogens is 375 g/mol. The Bertz CT molecular complexity index is 1170. The highest BCUT2D eigenvalue weighted by Crippen LogP contribution is 2.34. The summed E-state index contributed by atoms with van der Waals surface area (Å²) in [7, 11) is 1.99. The van der Waals surface area contributed by atoms with Crippen molar-refractivity contribution in [1.29, 1.82) is 0 Å². The predicted molar refractivity (Wildman–Crippen MR) is 119 cm³/mol. The first-order valence-corrected chi connectivity index (χ1v) is 10.2. The van der Waals surface area contributed by atoms with Gasteiger partial charge in [-0.05, 0) is 41.8 Å². The number of fused-ring (bicyclic) bond motifs is 1. The molecule has 1 aromatic heterocycles. The van der Waals surface area contributed by atoms with Gasteiger partial charge in [0.05, 0.1) is 6.04 Å². The molecule has 0 bridgehead atoms. The molecule has 0 aliphatic carbocycles. The number of amides is 1. The van der Waals surface area contributed by atoms with E-state index >= 15 is 0 Å². The van der Waals surface area contributed by atoms with Crippen LogP contribution in [0.25, 0.3) is 10.9 Å². The van der Waals surface area contributed by atoms with Gasteiger partial charge in [-0.15, -0.1) is 0 Å². The van der Waals surface area contributed by atoms with Crippen LogP contribution in [0.1, 0.15) is 42.0 Å². The van der Waals surface area contributed by atoms with Crippen LogP contribution in [0.5, 0.6) is 0 Å². The van der Waals surface area contributed by atoms with E-state index < -0.39 is 0 Å². The minimum atomic E-state index is -0.296. The molecule has 4 aromatic rings. The van der Waals surface area contributed by atoms with E-state index in [9.17, 15) is 9.18 Å². The standard InChI is InChI=1S/C26H25FN2O/c1-18(19-9-4-3-5-10-19)28-26(30)16-23(20-11-8-12-21(27)15-20)24-17-29(2)25-14-7-6-13-22(24)25/h3-15,17-18,23H,16H2,1-2H3,(H,28,30)/t18-,23+/m1/s1. The number of nitrogens with zero attached hydrogens (tertiary/aromatic N) is 1. The average molecular weight is 400 g/mol. The molecule has 1 heterocycles. The van der Waals surface area contributed by atoms with E-state index in [1.807, 2.05) is 68.7 Å². The molecule has 0 unspecified atom stereocenters. The summed E-state index contributed by atoms with van der Waals surface area (Å²) in [5.74, 6) is -0.598. The Hall–Kier alpha value is -3.40. The molecule has 0 radical (unpaired) electrons. The third-order valence-corrected chi connectivity index (χ3v) is 5.62. The summed E-state index contributed by atoms with van der Waals surface area (Å²) in [6.07, 6.45) is 2.29. The van der Waals surface area contributed by atoms with Crippen LogP contribution in [-0.4, -0.2) is 10.5 Å². The van der Waals surface area contributed by atoms with E-state index in [2.05, 4.69) is 22.0 Å². The number of nitrogens with one attached hydrogen (secondary N) is 1. The fourth-order valence-corrected chi connectivity index (χ4v) is 4.09. The first kappa shape index (κ1) is 19.9. The summed E-state index contributed by atoms with van der Waals surface area (Å²) >= 11 is 0. The van der Waals surface area contributed by atoms with Crippen molar-refractivity contribution in [2.45, 2.75) is 25.3 Å². The Morgan fingerprint density at radius 3 is 2.43 bits per heavy atom. The van der Waals surface area contributed by atoms with Gasteiger partial charge in [-0.2, -0.15) is 0 Å². The first-order valence-electron chi connectivity index (χ1n) is 10.2. The maximum absolute atomic E-state index is 14.0. The normalized spacial score (nSPS) is 13.2. The molecule has 0 spiro atoms. The van der Waals surface area contributed by atoms with E-state index in [0.29, 0.717) is 0 Å². The van der Waals surface area contributed by atoms with E-state index in [1.54, 1.807) is 6.07 Å². The van der Waals surface area contributed by atoms with Crippen LogP contribution >= 0.6 is 0 Å². The minimum absolute atomic E-state index is 0.0615. The number of para-hydroxylation sites is 1. The van der Waals surface area contributed by atoms with Crippen molar-refractivity contribution in [2.75, 3.05) is 0 Å². The second-order valence-electron chi connectivity index (χ2n) is 7.72. The molecule has 1 amide bonds. The highest BCUT2D eigenvalue weighted by Gasteiger charge is 2.23. The van der Waals surface area contributed by atoms with Crippen molar-refractivity contribution in [3.63, 3.8) is 0 Å². The lowest BCUT2D eigenvalue weighted by Crippen LogP contribution is -2.28. The highest BCUT2D eigenvalue weighted by atomic mass is 19.1. The zero-order valence-corrected chi connectivity index (χ0v) is 17.2. The Morgan fingerprint density at radius 2 is 1.67 bits per heavy atom. The monoisotopic (exact) mass is 400 g/mol. The molecule has 152 valence electrons. The van der Waals surface area contributed by atoms with Crippen molar-refractivity contribution in [3.05, 3.63) is 108 Å². The Balaban J connectivity index is 1.67. The Labute approximate surface area is 176 Å². The maximum atomic E-state index is 14.0. The van der Waals surface area contributed by atoms with Crippen LogP contribution in [0, 0.1) is 5.82 Å². The van der Waals surface area contributed by atoms with Crippen molar-refractivity contribution in [1.82, 2.24) is 9.88 Å². The molecular formula is C26H25FN2O. The number of benzene rings is 3. The van der Waals surface area contributed by atoms with Crippen LogP contribution < -0.4 is 5.32 Å². The largest absolute Gasteiger partial charge is 0.350 e. The number of hydrogen-bond donors (Lipinski definition) is 1. The van der Waals surface area contributed by atoms with Crippen LogP contribution in [0.3, 0.4) is 0 Å². The highest BCUT2D eigenvalue weighted by molar-refractivity contribution is 5.86. The van der Waals surface area contributed by atoms with Gasteiger partial charge in [-0.1, -0.05) is 60.7 Å². The lowest BCUT2D eigenvalue weighted by atomic mass is 9.87. The minimum Gasteiger partial charge on any atom is -0.350 e. The van der Waals surface area contributed by atoms with Crippen LogP contribution in [-0.2, 0) is 11.8 Å². The quantitative estimate of drug-likeness (QED) is 0.441. The van der Waals surface area contributed by atoms with E-state index in [4.69, 9.17) is 0 Å². The molecule has 4 heteroatoms. The van der Waals surface area contributed by atoms with Crippen molar-refractivity contribution in [2.24, 2.45) is 7.05 Å². The van der Waals surface area contributed by atoms with Gasteiger partial charge in [0.1, 0.15) is 5.82 Å². The van der Waals surface area contributed by atoms with E-state index in [1.165, 1.54) is 12.1 Å². The van der Waals surface area contributed by atoms with Crippen LogP contribution in [0.2, 0.25) is 0 Å². The maximum Gasteiger partial charge on any atom is 0.221 e. The number of aromatic nitrogens is 1. The molecule has 0 saturated heterocycles. The second-order valence-corrected chi connectivity index (χ2v) is 7.72. The molecule has 0 fully saturated rings. The zero-order valence-electron chi connectivity index (χ0n) is 17.2. The van der Waals surface area contributed by atoms with Crippen LogP contribution in [0.4, 0.5) is 4.39 Å². The number of hydrogen-bond acceptors (Lipinski definition) is 1. The van der Waals surface area contributed by atoms with Crippen molar-refractivity contribution >= 4 is 16.8 Å². The van der Waals surface area contributed by atoms with E-state index in [-0.39, 0.29) is 30.1 Å². The number of aryl methyl sites for hydroxylation is 1. The summed E-state index contributed by atoms with van der Waals surface area (Å²) in [5.41, 5.74) is 3.97. The van der Waals surface area contributed by atoms with Gasteiger partial charge < -0.3 is 9.88 Å². The van der Waals surface area contributed by atoms with Gasteiger partial charge in [-0.25, -0.2) is 4.39 Å². The SMILES string of the molecule is C[C@@H](NC(=O)C[C@@H](c1cccc(F)c1)c1cn(C)c2ccccc12)c1ccccc1. The number of carbonyl (C=O) groups excluding carboxylic acids is 1. The lowest BCUT2D eigenvalue weighted by Gasteiger charge is -2.20. The van der Waals surface area contributed by atoms with Gasteiger partial charge in [0.15, 0.2) is 0 Å². The molecule has 0 saturated carbocycles. The van der Waals surface area contributed by atoms with Gasteiger partial charge in [0, 0.05) is 36.5 Å². The molecule has 3 aromatic carbocycles. The third-order valence-electron chi connectivity index (χ3n) is 5.62. The summed E-state index contributed by atoms with van der Waals surface area (Å²) in [6.45, 7) is 1.97. The van der Waals surface area contributed by atoms with Gasteiger partial charge >= 0.3 is 0 Å². The van der Waals surface area contributed by atoms with Gasteiger partial charge in [-0.3, -0.25) is 4.79 Å². The number of carbonyl (C=O) groups is 1. The second kappa shape index (κ2) is 8.54. The Kier molecular flexibility index (Phi) is 5.66. The molecule has 2 atom stereocenters.